The highest BCUT2D eigenvalue weighted by atomic mass is 32.2. The van der Waals surface area contributed by atoms with Gasteiger partial charge >= 0.3 is 5.97 Å². The van der Waals surface area contributed by atoms with Crippen LogP contribution in [0.1, 0.15) is 20.8 Å². The summed E-state index contributed by atoms with van der Waals surface area (Å²) in [5.74, 6) is -0.421. The minimum atomic E-state index is -3.36. The molecule has 0 aliphatic carbocycles. The van der Waals surface area contributed by atoms with Gasteiger partial charge in [-0.05, 0) is 20.8 Å². The molecule has 0 fully saturated rings. The van der Waals surface area contributed by atoms with Crippen LogP contribution in [0.4, 0.5) is 0 Å². The van der Waals surface area contributed by atoms with Gasteiger partial charge in [0.15, 0.2) is 9.84 Å². The Morgan fingerprint density at radius 3 is 2.39 bits per heavy atom. The number of esters is 1. The van der Waals surface area contributed by atoms with Crippen LogP contribution in [-0.2, 0) is 19.4 Å². The summed E-state index contributed by atoms with van der Waals surface area (Å²) in [6.07, 6.45) is 1.11. The van der Waals surface area contributed by atoms with Crippen molar-refractivity contribution in [3.8, 4) is 0 Å². The zero-order valence-electron chi connectivity index (χ0n) is 11.0. The first-order valence-corrected chi connectivity index (χ1v) is 8.36. The molecule has 0 rings (SSSR count). The summed E-state index contributed by atoms with van der Waals surface area (Å²) in [6.45, 7) is 4.84. The van der Waals surface area contributed by atoms with Crippen LogP contribution < -0.4 is 0 Å². The number of nitroso groups, excluding NO2 is 1. The Balaban J connectivity index is 4.77. The molecule has 6 nitrogen and oxygen atoms in total. The van der Waals surface area contributed by atoms with E-state index in [4.69, 9.17) is 4.74 Å². The summed E-state index contributed by atoms with van der Waals surface area (Å²) in [7, 11) is -3.36. The van der Waals surface area contributed by atoms with E-state index in [0.717, 1.165) is 18.0 Å². The van der Waals surface area contributed by atoms with Gasteiger partial charge in [0.05, 0.1) is 23.7 Å². The van der Waals surface area contributed by atoms with Crippen molar-refractivity contribution in [3.63, 3.8) is 0 Å². The highest BCUT2D eigenvalue weighted by Gasteiger charge is 2.39. The molecule has 1 unspecified atom stereocenters. The van der Waals surface area contributed by atoms with E-state index in [2.05, 4.69) is 5.18 Å². The standard InChI is InChI=1S/C10H19NO5S2/c1-5-16-9(12)7-17-8(6-11-13)10(2,3)18(4,14)15/h8H,5-7H2,1-4H3. The molecule has 0 radical (unpaired) electrons. The Kier molecular flexibility index (Phi) is 6.83. The predicted octanol–water partition coefficient (Wildman–Crippen LogP) is 1.24. The largest absolute Gasteiger partial charge is 0.465 e. The topological polar surface area (TPSA) is 89.9 Å². The maximum absolute atomic E-state index is 11.7. The Bertz CT molecular complexity index is 391. The first-order valence-electron chi connectivity index (χ1n) is 5.42. The third-order valence-electron chi connectivity index (χ3n) is 2.68. The number of rotatable bonds is 8. The molecule has 0 amide bonds. The molecule has 0 aliphatic rings. The average Bonchev–Trinajstić information content (AvgIpc) is 2.22. The van der Waals surface area contributed by atoms with Crippen molar-refractivity contribution >= 4 is 27.6 Å². The number of carbonyl (C=O) groups excluding carboxylic acids is 1. The van der Waals surface area contributed by atoms with Crippen LogP contribution in [0, 0.1) is 4.91 Å². The van der Waals surface area contributed by atoms with Gasteiger partial charge in [-0.3, -0.25) is 4.79 Å². The fourth-order valence-electron chi connectivity index (χ4n) is 1.15. The fourth-order valence-corrected chi connectivity index (χ4v) is 3.42. The lowest BCUT2D eigenvalue weighted by Gasteiger charge is -2.30. The van der Waals surface area contributed by atoms with E-state index >= 15 is 0 Å². The highest BCUT2D eigenvalue weighted by molar-refractivity contribution is 8.02. The number of ether oxygens (including phenoxy) is 1. The molecular weight excluding hydrogens is 278 g/mol. The quantitative estimate of drug-likeness (QED) is 0.494. The smallest absolute Gasteiger partial charge is 0.315 e. The SMILES string of the molecule is CCOC(=O)CSC(CN=O)C(C)(C)S(C)(=O)=O. The summed E-state index contributed by atoms with van der Waals surface area (Å²) in [6, 6.07) is 0. The second kappa shape index (κ2) is 7.08. The maximum atomic E-state index is 11.7. The molecule has 0 aromatic heterocycles. The van der Waals surface area contributed by atoms with E-state index in [1.165, 1.54) is 13.8 Å². The molecule has 0 aromatic carbocycles. The van der Waals surface area contributed by atoms with Crippen LogP contribution >= 0.6 is 11.8 Å². The van der Waals surface area contributed by atoms with E-state index in [0.29, 0.717) is 0 Å². The van der Waals surface area contributed by atoms with Gasteiger partial charge in [-0.1, -0.05) is 5.18 Å². The molecule has 0 N–H and O–H groups in total. The van der Waals surface area contributed by atoms with Crippen molar-refractivity contribution in [2.24, 2.45) is 5.18 Å². The molecule has 0 saturated carbocycles. The van der Waals surface area contributed by atoms with Gasteiger partial charge in [-0.2, -0.15) is 4.91 Å². The Morgan fingerprint density at radius 2 is 2.00 bits per heavy atom. The maximum Gasteiger partial charge on any atom is 0.315 e. The van der Waals surface area contributed by atoms with E-state index in [-0.39, 0.29) is 18.9 Å². The zero-order valence-corrected chi connectivity index (χ0v) is 12.6. The Morgan fingerprint density at radius 1 is 1.44 bits per heavy atom. The summed E-state index contributed by atoms with van der Waals surface area (Å²) in [5, 5.41) is 2.18. The van der Waals surface area contributed by atoms with Gasteiger partial charge in [-0.25, -0.2) is 8.42 Å². The molecule has 1 atom stereocenters. The van der Waals surface area contributed by atoms with Gasteiger partial charge < -0.3 is 4.74 Å². The number of sulfone groups is 1. The van der Waals surface area contributed by atoms with Crippen molar-refractivity contribution in [2.75, 3.05) is 25.2 Å². The zero-order chi connectivity index (χ0) is 14.4. The second-order valence-electron chi connectivity index (χ2n) is 4.29. The van der Waals surface area contributed by atoms with Crippen molar-refractivity contribution in [1.29, 1.82) is 0 Å². The van der Waals surface area contributed by atoms with Crippen LogP contribution in [-0.4, -0.2) is 49.5 Å². The third kappa shape index (κ3) is 4.93. The van der Waals surface area contributed by atoms with Crippen molar-refractivity contribution in [1.82, 2.24) is 0 Å². The number of hydrogen-bond donors (Lipinski definition) is 0. The van der Waals surface area contributed by atoms with Gasteiger partial charge in [-0.15, -0.1) is 11.8 Å². The molecule has 18 heavy (non-hydrogen) atoms. The van der Waals surface area contributed by atoms with E-state index in [9.17, 15) is 18.1 Å². The first kappa shape index (κ1) is 17.4. The van der Waals surface area contributed by atoms with E-state index in [1.54, 1.807) is 6.92 Å². The highest BCUT2D eigenvalue weighted by Crippen LogP contribution is 2.30. The average molecular weight is 297 g/mol. The van der Waals surface area contributed by atoms with E-state index < -0.39 is 25.8 Å². The molecule has 0 aromatic rings. The first-order chi connectivity index (χ1) is 8.16. The summed E-state index contributed by atoms with van der Waals surface area (Å²) < 4.78 is 27.0. The molecule has 0 aliphatic heterocycles. The minimum absolute atomic E-state index is 0.00692. The molecule has 0 heterocycles. The lowest BCUT2D eigenvalue weighted by Crippen LogP contribution is -2.43. The molecule has 0 saturated heterocycles. The Labute approximate surface area is 112 Å². The summed E-state index contributed by atoms with van der Waals surface area (Å²) in [4.78, 5) is 21.6. The van der Waals surface area contributed by atoms with Crippen molar-refractivity contribution < 1.29 is 17.9 Å². The van der Waals surface area contributed by atoms with Crippen molar-refractivity contribution in [3.05, 3.63) is 4.91 Å². The molecule has 8 heteroatoms. The summed E-state index contributed by atoms with van der Waals surface area (Å²) in [5.41, 5.74) is 0. The fraction of sp³-hybridized carbons (Fsp3) is 0.900. The summed E-state index contributed by atoms with van der Waals surface area (Å²) >= 11 is 1.08. The van der Waals surface area contributed by atoms with Gasteiger partial charge in [0.1, 0.15) is 0 Å². The van der Waals surface area contributed by atoms with Crippen LogP contribution in [0.15, 0.2) is 5.18 Å². The number of carbonyl (C=O) groups is 1. The van der Waals surface area contributed by atoms with Crippen LogP contribution in [0.25, 0.3) is 0 Å². The number of hydrogen-bond acceptors (Lipinski definition) is 7. The van der Waals surface area contributed by atoms with Crippen molar-refractivity contribution in [2.45, 2.75) is 30.8 Å². The minimum Gasteiger partial charge on any atom is -0.465 e. The monoisotopic (exact) mass is 297 g/mol. The lowest BCUT2D eigenvalue weighted by atomic mass is 10.1. The van der Waals surface area contributed by atoms with Gasteiger partial charge in [0.25, 0.3) is 0 Å². The number of thioether (sulfide) groups is 1. The number of nitrogens with zero attached hydrogens (tertiary/aromatic N) is 1. The molecular formula is C10H19NO5S2. The van der Waals surface area contributed by atoms with Gasteiger partial charge in [0.2, 0.25) is 0 Å². The van der Waals surface area contributed by atoms with Gasteiger partial charge in [0, 0.05) is 11.5 Å². The van der Waals surface area contributed by atoms with Crippen LogP contribution in [0.3, 0.4) is 0 Å². The third-order valence-corrected chi connectivity index (χ3v) is 6.57. The molecule has 0 bridgehead atoms. The van der Waals surface area contributed by atoms with Crippen LogP contribution in [0.5, 0.6) is 0 Å². The predicted molar refractivity (Wildman–Crippen MR) is 72.5 cm³/mol. The molecule has 0 spiro atoms. The second-order valence-corrected chi connectivity index (χ2v) is 8.08. The molecule has 106 valence electrons. The normalized spacial score (nSPS) is 14.0. The lowest BCUT2D eigenvalue weighted by molar-refractivity contribution is -0.139. The van der Waals surface area contributed by atoms with Crippen LogP contribution in [0.2, 0.25) is 0 Å². The Hall–Kier alpha value is -0.630. The van der Waals surface area contributed by atoms with E-state index in [1.807, 2.05) is 0 Å².